The molecule has 2 aromatic carbocycles. The highest BCUT2D eigenvalue weighted by molar-refractivity contribution is 6.01. The molecule has 3 rings (SSSR count). The summed E-state index contributed by atoms with van der Waals surface area (Å²) in [7, 11) is 3.17. The molecule has 0 spiro atoms. The Morgan fingerprint density at radius 3 is 2.55 bits per heavy atom. The molecule has 1 aliphatic rings. The second kappa shape index (κ2) is 9.41. The van der Waals surface area contributed by atoms with Gasteiger partial charge in [-0.2, -0.15) is 0 Å². The number of hydrogen-bond acceptors (Lipinski definition) is 5. The number of carbonyl (C=O) groups excluding carboxylic acids is 1. The molecule has 0 fully saturated rings. The average molecular weight is 400 g/mol. The Morgan fingerprint density at radius 2 is 1.90 bits per heavy atom. The van der Waals surface area contributed by atoms with E-state index in [0.29, 0.717) is 37.4 Å². The van der Waals surface area contributed by atoms with E-state index in [0.717, 1.165) is 16.8 Å². The van der Waals surface area contributed by atoms with Gasteiger partial charge in [-0.3, -0.25) is 4.79 Å². The first kappa shape index (κ1) is 20.6. The summed E-state index contributed by atoms with van der Waals surface area (Å²) in [6.45, 7) is 2.63. The van der Waals surface area contributed by atoms with Crippen LogP contribution in [-0.4, -0.2) is 43.4 Å². The first-order chi connectivity index (χ1) is 14.0. The molecule has 0 saturated carbocycles. The maximum Gasteiger partial charge on any atom is 0.222 e. The summed E-state index contributed by atoms with van der Waals surface area (Å²) in [5, 5.41) is 4.21. The van der Waals surface area contributed by atoms with Crippen LogP contribution in [0, 0.1) is 5.82 Å². The van der Waals surface area contributed by atoms with Gasteiger partial charge in [-0.1, -0.05) is 24.2 Å². The monoisotopic (exact) mass is 400 g/mol. The summed E-state index contributed by atoms with van der Waals surface area (Å²) in [6, 6.07) is 11.8. The van der Waals surface area contributed by atoms with E-state index >= 15 is 0 Å². The average Bonchev–Trinajstić information content (AvgIpc) is 3.22. The van der Waals surface area contributed by atoms with E-state index < -0.39 is 0 Å². The summed E-state index contributed by atoms with van der Waals surface area (Å²) >= 11 is 0. The molecule has 6 nitrogen and oxygen atoms in total. The number of hydrogen-bond donors (Lipinski definition) is 0. The lowest BCUT2D eigenvalue weighted by atomic mass is 10.0. The third-order valence-electron chi connectivity index (χ3n) is 4.82. The first-order valence-corrected chi connectivity index (χ1v) is 9.51. The summed E-state index contributed by atoms with van der Waals surface area (Å²) in [6.07, 6.45) is 0.720. The van der Waals surface area contributed by atoms with Gasteiger partial charge in [-0.25, -0.2) is 4.39 Å². The molecular formula is C22H25FN2O4. The number of ether oxygens (including phenoxy) is 2. The normalized spacial score (nSPS) is 15.4. The summed E-state index contributed by atoms with van der Waals surface area (Å²) in [5.41, 5.74) is 2.55. The van der Waals surface area contributed by atoms with Gasteiger partial charge in [0.05, 0.1) is 26.5 Å². The highest BCUT2D eigenvalue weighted by atomic mass is 19.1. The van der Waals surface area contributed by atoms with E-state index in [9.17, 15) is 9.18 Å². The zero-order valence-corrected chi connectivity index (χ0v) is 16.9. The van der Waals surface area contributed by atoms with Gasteiger partial charge in [0.2, 0.25) is 5.91 Å². The molecule has 2 aromatic rings. The Labute approximate surface area is 169 Å². The van der Waals surface area contributed by atoms with Gasteiger partial charge in [-0.05, 0) is 35.9 Å². The molecule has 1 amide bonds. The molecule has 1 heterocycles. The van der Waals surface area contributed by atoms with Crippen molar-refractivity contribution in [2.45, 2.75) is 32.4 Å². The van der Waals surface area contributed by atoms with Crippen LogP contribution in [0.3, 0.4) is 0 Å². The molecule has 0 radical (unpaired) electrons. The molecule has 0 N–H and O–H groups in total. The molecular weight excluding hydrogens is 375 g/mol. The molecule has 154 valence electrons. The van der Waals surface area contributed by atoms with Gasteiger partial charge in [0.1, 0.15) is 5.82 Å². The molecule has 7 heteroatoms. The van der Waals surface area contributed by atoms with E-state index in [1.165, 1.54) is 12.1 Å². The van der Waals surface area contributed by atoms with Crippen LogP contribution in [0.5, 0.6) is 11.5 Å². The fourth-order valence-corrected chi connectivity index (χ4v) is 3.25. The molecule has 0 aliphatic carbocycles. The van der Waals surface area contributed by atoms with E-state index in [4.69, 9.17) is 14.3 Å². The standard InChI is InChI=1S/C22H25FN2O4/c1-4-22(26)25(13-15-5-8-17(23)9-6-15)14-18-12-19(24-29-18)16-7-10-20(27-2)21(11-16)28-3/h5-11,18H,4,12-14H2,1-3H3/t18-/m0/s1. The topological polar surface area (TPSA) is 60.4 Å². The second-order valence-corrected chi connectivity index (χ2v) is 6.79. The highest BCUT2D eigenvalue weighted by Crippen LogP contribution is 2.29. The van der Waals surface area contributed by atoms with Crippen molar-refractivity contribution in [1.82, 2.24) is 4.90 Å². The van der Waals surface area contributed by atoms with Gasteiger partial charge in [0.15, 0.2) is 17.6 Å². The number of halogens is 1. The van der Waals surface area contributed by atoms with Crippen molar-refractivity contribution < 1.29 is 23.5 Å². The van der Waals surface area contributed by atoms with Crippen molar-refractivity contribution in [3.8, 4) is 11.5 Å². The molecule has 0 bridgehead atoms. The molecule has 29 heavy (non-hydrogen) atoms. The predicted molar refractivity (Wildman–Crippen MR) is 108 cm³/mol. The summed E-state index contributed by atoms with van der Waals surface area (Å²) in [5.74, 6) is 0.980. The lowest BCUT2D eigenvalue weighted by Gasteiger charge is -2.24. The van der Waals surface area contributed by atoms with Crippen molar-refractivity contribution in [2.75, 3.05) is 20.8 Å². The Hall–Kier alpha value is -3.09. The van der Waals surface area contributed by atoms with Crippen molar-refractivity contribution in [3.63, 3.8) is 0 Å². The Kier molecular flexibility index (Phi) is 6.69. The van der Waals surface area contributed by atoms with Gasteiger partial charge in [0, 0.05) is 24.9 Å². The Bertz CT molecular complexity index is 883. The van der Waals surface area contributed by atoms with E-state index in [2.05, 4.69) is 5.16 Å². The van der Waals surface area contributed by atoms with Crippen LogP contribution in [-0.2, 0) is 16.2 Å². The van der Waals surface area contributed by atoms with Crippen LogP contribution in [0.1, 0.15) is 30.9 Å². The number of nitrogens with zero attached hydrogens (tertiary/aromatic N) is 2. The van der Waals surface area contributed by atoms with Crippen LogP contribution in [0.4, 0.5) is 4.39 Å². The van der Waals surface area contributed by atoms with Crippen LogP contribution in [0.25, 0.3) is 0 Å². The van der Waals surface area contributed by atoms with Crippen LogP contribution < -0.4 is 9.47 Å². The minimum Gasteiger partial charge on any atom is -0.493 e. The first-order valence-electron chi connectivity index (χ1n) is 9.51. The van der Waals surface area contributed by atoms with Gasteiger partial charge < -0.3 is 19.2 Å². The zero-order valence-electron chi connectivity index (χ0n) is 16.9. The zero-order chi connectivity index (χ0) is 20.8. The van der Waals surface area contributed by atoms with Crippen molar-refractivity contribution >= 4 is 11.6 Å². The van der Waals surface area contributed by atoms with E-state index in [1.807, 2.05) is 25.1 Å². The number of amides is 1. The number of oxime groups is 1. The quantitative estimate of drug-likeness (QED) is 0.677. The Morgan fingerprint density at radius 1 is 1.17 bits per heavy atom. The fourth-order valence-electron chi connectivity index (χ4n) is 3.25. The van der Waals surface area contributed by atoms with E-state index in [-0.39, 0.29) is 17.8 Å². The maximum atomic E-state index is 13.1. The van der Waals surface area contributed by atoms with Crippen LogP contribution in [0.15, 0.2) is 47.6 Å². The number of carbonyl (C=O) groups is 1. The minimum absolute atomic E-state index is 0.0116. The molecule has 0 saturated heterocycles. The maximum absolute atomic E-state index is 13.1. The van der Waals surface area contributed by atoms with Gasteiger partial charge in [0.25, 0.3) is 0 Å². The highest BCUT2D eigenvalue weighted by Gasteiger charge is 2.27. The van der Waals surface area contributed by atoms with Crippen molar-refractivity contribution in [3.05, 3.63) is 59.4 Å². The lowest BCUT2D eigenvalue weighted by molar-refractivity contribution is -0.133. The van der Waals surface area contributed by atoms with E-state index in [1.54, 1.807) is 31.3 Å². The van der Waals surface area contributed by atoms with Crippen molar-refractivity contribution in [1.29, 1.82) is 0 Å². The van der Waals surface area contributed by atoms with Gasteiger partial charge >= 0.3 is 0 Å². The minimum atomic E-state index is -0.297. The number of methoxy groups -OCH3 is 2. The summed E-state index contributed by atoms with van der Waals surface area (Å²) in [4.78, 5) is 19.7. The number of benzene rings is 2. The van der Waals surface area contributed by atoms with Crippen LogP contribution >= 0.6 is 0 Å². The SMILES string of the molecule is CCC(=O)N(Cc1ccc(F)cc1)C[C@@H]1CC(c2ccc(OC)c(OC)c2)=NO1. The van der Waals surface area contributed by atoms with Crippen LogP contribution in [0.2, 0.25) is 0 Å². The van der Waals surface area contributed by atoms with Gasteiger partial charge in [-0.15, -0.1) is 0 Å². The largest absolute Gasteiger partial charge is 0.493 e. The molecule has 0 aromatic heterocycles. The Balaban J connectivity index is 1.67. The number of rotatable bonds is 8. The third-order valence-corrected chi connectivity index (χ3v) is 4.82. The second-order valence-electron chi connectivity index (χ2n) is 6.79. The molecule has 1 aliphatic heterocycles. The molecule has 0 unspecified atom stereocenters. The fraction of sp³-hybridized carbons (Fsp3) is 0.364. The van der Waals surface area contributed by atoms with Crippen molar-refractivity contribution in [2.24, 2.45) is 5.16 Å². The third kappa shape index (κ3) is 5.04. The predicted octanol–water partition coefficient (Wildman–Crippen LogP) is 3.77. The molecule has 1 atom stereocenters. The lowest BCUT2D eigenvalue weighted by Crippen LogP contribution is -2.36. The summed E-state index contributed by atoms with van der Waals surface area (Å²) < 4.78 is 23.8. The smallest absolute Gasteiger partial charge is 0.222 e.